The summed E-state index contributed by atoms with van der Waals surface area (Å²) in [5.41, 5.74) is 3.19. The number of carbonyl (C=O) groups is 1. The lowest BCUT2D eigenvalue weighted by Gasteiger charge is -2.19. The van der Waals surface area contributed by atoms with Crippen molar-refractivity contribution < 1.29 is 23.7 Å². The lowest BCUT2D eigenvalue weighted by molar-refractivity contribution is 0.0988. The highest BCUT2D eigenvalue weighted by atomic mass is 16.6. The molecule has 0 unspecified atom stereocenters. The molecule has 0 atom stereocenters. The number of ether oxygens (including phenoxy) is 4. The van der Waals surface area contributed by atoms with Gasteiger partial charge >= 0.3 is 6.09 Å². The Morgan fingerprint density at radius 1 is 0.912 bits per heavy atom. The Labute approximate surface area is 201 Å². The van der Waals surface area contributed by atoms with Crippen molar-refractivity contribution in [3.63, 3.8) is 0 Å². The molecule has 0 saturated heterocycles. The Bertz CT molecular complexity index is 1140. The summed E-state index contributed by atoms with van der Waals surface area (Å²) >= 11 is 0. The molecule has 1 N–H and O–H groups in total. The molecule has 0 fully saturated rings. The van der Waals surface area contributed by atoms with Gasteiger partial charge in [-0.25, -0.2) is 4.79 Å². The van der Waals surface area contributed by atoms with Crippen LogP contribution in [0.15, 0.2) is 36.5 Å². The van der Waals surface area contributed by atoms with E-state index in [1.165, 1.54) is 0 Å². The van der Waals surface area contributed by atoms with Crippen molar-refractivity contribution in [1.29, 1.82) is 0 Å². The number of rotatable bonds is 10. The van der Waals surface area contributed by atoms with Crippen molar-refractivity contribution in [2.24, 2.45) is 0 Å². The van der Waals surface area contributed by atoms with Gasteiger partial charge in [-0.2, -0.15) is 0 Å². The third-order valence-corrected chi connectivity index (χ3v) is 5.68. The van der Waals surface area contributed by atoms with E-state index in [-0.39, 0.29) is 6.10 Å². The molecule has 3 rings (SSSR count). The van der Waals surface area contributed by atoms with Crippen molar-refractivity contribution in [2.75, 3.05) is 19.5 Å². The lowest BCUT2D eigenvalue weighted by atomic mass is 10.1. The van der Waals surface area contributed by atoms with E-state index in [4.69, 9.17) is 18.9 Å². The predicted molar refractivity (Wildman–Crippen MR) is 135 cm³/mol. The highest BCUT2D eigenvalue weighted by Crippen LogP contribution is 2.38. The molecular weight excluding hydrogens is 432 g/mol. The first-order valence-electron chi connectivity index (χ1n) is 11.7. The van der Waals surface area contributed by atoms with Crippen LogP contribution in [0.2, 0.25) is 0 Å². The maximum Gasteiger partial charge on any atom is 0.411 e. The summed E-state index contributed by atoms with van der Waals surface area (Å²) in [5.74, 6) is 2.54. The molecule has 2 aromatic carbocycles. The van der Waals surface area contributed by atoms with E-state index in [2.05, 4.69) is 24.1 Å². The SMILES string of the molecule is CCCC(CCC)OC(=O)Nc1cc(C)c(Oc2ccnc3cc(OC)c(OC)cc23)cc1C. The number of benzene rings is 2. The number of hydrogen-bond donors (Lipinski definition) is 1. The quantitative estimate of drug-likeness (QED) is 0.341. The largest absolute Gasteiger partial charge is 0.493 e. The van der Waals surface area contributed by atoms with Crippen LogP contribution in [0.5, 0.6) is 23.0 Å². The van der Waals surface area contributed by atoms with Crippen LogP contribution in [0, 0.1) is 13.8 Å². The number of nitrogens with zero attached hydrogens (tertiary/aromatic N) is 1. The number of pyridine rings is 1. The second-order valence-electron chi connectivity index (χ2n) is 8.30. The minimum Gasteiger partial charge on any atom is -0.493 e. The van der Waals surface area contributed by atoms with Gasteiger partial charge in [-0.1, -0.05) is 26.7 Å². The lowest BCUT2D eigenvalue weighted by Crippen LogP contribution is -2.22. The zero-order chi connectivity index (χ0) is 24.7. The third-order valence-electron chi connectivity index (χ3n) is 5.68. The highest BCUT2D eigenvalue weighted by Gasteiger charge is 2.16. The molecule has 0 radical (unpaired) electrons. The predicted octanol–water partition coefficient (Wildman–Crippen LogP) is 7.18. The summed E-state index contributed by atoms with van der Waals surface area (Å²) in [6, 6.07) is 9.30. The number of aromatic nitrogens is 1. The molecule has 1 heterocycles. The number of hydrogen-bond acceptors (Lipinski definition) is 6. The van der Waals surface area contributed by atoms with E-state index in [1.807, 2.05) is 44.2 Å². The summed E-state index contributed by atoms with van der Waals surface area (Å²) in [6.07, 6.45) is 4.89. The van der Waals surface area contributed by atoms with Gasteiger partial charge in [0.25, 0.3) is 0 Å². The van der Waals surface area contributed by atoms with Crippen LogP contribution < -0.4 is 19.5 Å². The average Bonchev–Trinajstić information content (AvgIpc) is 2.81. The normalized spacial score (nSPS) is 10.9. The highest BCUT2D eigenvalue weighted by molar-refractivity contribution is 5.89. The van der Waals surface area contributed by atoms with Gasteiger partial charge in [-0.3, -0.25) is 10.3 Å². The second kappa shape index (κ2) is 11.6. The van der Waals surface area contributed by atoms with E-state index < -0.39 is 6.09 Å². The first kappa shape index (κ1) is 25.1. The van der Waals surface area contributed by atoms with Crippen LogP contribution in [0.4, 0.5) is 10.5 Å². The summed E-state index contributed by atoms with van der Waals surface area (Å²) in [4.78, 5) is 16.9. The molecule has 3 aromatic rings. The summed E-state index contributed by atoms with van der Waals surface area (Å²) in [7, 11) is 3.19. The number of anilines is 1. The summed E-state index contributed by atoms with van der Waals surface area (Å²) < 4.78 is 22.7. The molecule has 0 bridgehead atoms. The molecule has 0 aliphatic carbocycles. The minimum absolute atomic E-state index is 0.0606. The van der Waals surface area contributed by atoms with Crippen LogP contribution in [0.1, 0.15) is 50.7 Å². The smallest absolute Gasteiger partial charge is 0.411 e. The van der Waals surface area contributed by atoms with Gasteiger partial charge in [-0.05, 0) is 62.1 Å². The zero-order valence-corrected chi connectivity index (χ0v) is 20.9. The van der Waals surface area contributed by atoms with Gasteiger partial charge in [0.05, 0.1) is 19.7 Å². The van der Waals surface area contributed by atoms with Crippen molar-refractivity contribution in [3.8, 4) is 23.0 Å². The molecule has 7 heteroatoms. The van der Waals surface area contributed by atoms with Gasteiger partial charge in [0.1, 0.15) is 17.6 Å². The standard InChI is InChI=1S/C27H34N2O5/c1-7-9-19(10-8-2)33-27(30)29-21-13-18(4)24(14-17(21)3)34-23-11-12-28-22-16-26(32-6)25(31-5)15-20(22)23/h11-16,19H,7-10H2,1-6H3,(H,29,30). The van der Waals surface area contributed by atoms with E-state index in [0.717, 1.165) is 47.7 Å². The number of aryl methyl sites for hydroxylation is 2. The van der Waals surface area contributed by atoms with Crippen molar-refractivity contribution in [2.45, 2.75) is 59.5 Å². The van der Waals surface area contributed by atoms with Gasteiger partial charge in [0, 0.05) is 23.3 Å². The Morgan fingerprint density at radius 3 is 2.24 bits per heavy atom. The topological polar surface area (TPSA) is 78.9 Å². The fourth-order valence-corrected chi connectivity index (χ4v) is 3.89. The van der Waals surface area contributed by atoms with E-state index in [9.17, 15) is 4.79 Å². The number of nitrogens with one attached hydrogen (secondary N) is 1. The number of methoxy groups -OCH3 is 2. The molecular formula is C27H34N2O5. The Morgan fingerprint density at radius 2 is 1.59 bits per heavy atom. The number of carbonyl (C=O) groups excluding carboxylic acids is 1. The molecule has 34 heavy (non-hydrogen) atoms. The van der Waals surface area contributed by atoms with Crippen LogP contribution in [-0.4, -0.2) is 31.4 Å². The first-order valence-corrected chi connectivity index (χ1v) is 11.7. The first-order chi connectivity index (χ1) is 16.4. The Hall–Kier alpha value is -3.48. The molecule has 1 aromatic heterocycles. The molecule has 7 nitrogen and oxygen atoms in total. The van der Waals surface area contributed by atoms with Crippen molar-refractivity contribution in [3.05, 3.63) is 47.7 Å². The van der Waals surface area contributed by atoms with Gasteiger partial charge < -0.3 is 18.9 Å². The molecule has 0 aliphatic heterocycles. The number of fused-ring (bicyclic) bond motifs is 1. The van der Waals surface area contributed by atoms with Crippen molar-refractivity contribution >= 4 is 22.7 Å². The molecule has 1 amide bonds. The fraction of sp³-hybridized carbons (Fsp3) is 0.407. The van der Waals surface area contributed by atoms with Crippen LogP contribution >= 0.6 is 0 Å². The van der Waals surface area contributed by atoms with Crippen LogP contribution in [-0.2, 0) is 4.74 Å². The van der Waals surface area contributed by atoms with E-state index in [0.29, 0.717) is 28.7 Å². The van der Waals surface area contributed by atoms with Gasteiger partial charge in [0.2, 0.25) is 0 Å². The van der Waals surface area contributed by atoms with Gasteiger partial charge in [0.15, 0.2) is 11.5 Å². The van der Waals surface area contributed by atoms with Crippen molar-refractivity contribution in [1.82, 2.24) is 4.98 Å². The number of amides is 1. The molecule has 0 spiro atoms. The van der Waals surface area contributed by atoms with E-state index in [1.54, 1.807) is 20.4 Å². The Balaban J connectivity index is 1.83. The fourth-order valence-electron chi connectivity index (χ4n) is 3.89. The van der Waals surface area contributed by atoms with Crippen LogP contribution in [0.3, 0.4) is 0 Å². The zero-order valence-electron chi connectivity index (χ0n) is 20.9. The van der Waals surface area contributed by atoms with Crippen LogP contribution in [0.25, 0.3) is 10.9 Å². The molecule has 182 valence electrons. The maximum absolute atomic E-state index is 12.5. The second-order valence-corrected chi connectivity index (χ2v) is 8.30. The molecule has 0 aliphatic rings. The Kier molecular flexibility index (Phi) is 8.57. The van der Waals surface area contributed by atoms with E-state index >= 15 is 0 Å². The van der Waals surface area contributed by atoms with Gasteiger partial charge in [-0.15, -0.1) is 0 Å². The summed E-state index contributed by atoms with van der Waals surface area (Å²) in [5, 5.41) is 3.70. The monoisotopic (exact) mass is 466 g/mol. The molecule has 0 saturated carbocycles. The third kappa shape index (κ3) is 5.90. The average molecular weight is 467 g/mol. The maximum atomic E-state index is 12.5. The minimum atomic E-state index is -0.427. The summed E-state index contributed by atoms with van der Waals surface area (Å²) in [6.45, 7) is 8.05.